The van der Waals surface area contributed by atoms with E-state index in [2.05, 4.69) is 15.2 Å². The molecule has 2 aromatic rings. The van der Waals surface area contributed by atoms with Crippen LogP contribution >= 0.6 is 7.82 Å². The molecule has 13 nitrogen and oxygen atoms in total. The molecule has 0 aliphatic heterocycles. The van der Waals surface area contributed by atoms with E-state index >= 15 is 0 Å². The number of rotatable bonds is 14. The third kappa shape index (κ3) is 10.0. The number of carboxylic acid groups (broad SMARTS) is 1. The number of anilines is 1. The fourth-order valence-electron chi connectivity index (χ4n) is 3.80. The van der Waals surface area contributed by atoms with E-state index in [1.807, 2.05) is 0 Å². The molecule has 0 spiro atoms. The maximum absolute atomic E-state index is 13.5. The standard InChI is InChI=1S/C25H32N3O10P/c1-4-28(21-7-5-6-8-22(21)37-3)25(33)19(13-14-23(30)31)27-24(32)20(26-16(2)29)15-17-9-11-18(12-10-17)38-39(34,35)36/h5-12,19-20H,4,13-15H2,1-3H3,(H,26,29)(H,27,32)(H,30,31)(H2,34,35,36). The molecule has 3 amide bonds. The van der Waals surface area contributed by atoms with Crippen molar-refractivity contribution in [2.45, 2.75) is 45.2 Å². The van der Waals surface area contributed by atoms with Crippen molar-refractivity contribution < 1.29 is 47.9 Å². The number of nitrogens with one attached hydrogen (secondary N) is 2. The molecule has 0 fully saturated rings. The molecule has 0 aliphatic carbocycles. The average molecular weight is 566 g/mol. The van der Waals surface area contributed by atoms with Crippen LogP contribution in [0.3, 0.4) is 0 Å². The van der Waals surface area contributed by atoms with E-state index in [1.54, 1.807) is 31.2 Å². The minimum Gasteiger partial charge on any atom is -0.495 e. The number of ether oxygens (including phenoxy) is 1. The maximum Gasteiger partial charge on any atom is 0.524 e. The number of methoxy groups -OCH3 is 1. The molecule has 0 saturated heterocycles. The lowest BCUT2D eigenvalue weighted by atomic mass is 10.0. The number of hydrogen-bond acceptors (Lipinski definition) is 7. The topological polar surface area (TPSA) is 192 Å². The van der Waals surface area contributed by atoms with Gasteiger partial charge in [0, 0.05) is 26.3 Å². The van der Waals surface area contributed by atoms with E-state index in [9.17, 15) is 28.8 Å². The highest BCUT2D eigenvalue weighted by atomic mass is 31.2. The Morgan fingerprint density at radius 3 is 2.18 bits per heavy atom. The first-order chi connectivity index (χ1) is 18.3. The van der Waals surface area contributed by atoms with Crippen molar-refractivity contribution in [2.75, 3.05) is 18.6 Å². The van der Waals surface area contributed by atoms with Gasteiger partial charge in [-0.3, -0.25) is 29.0 Å². The summed E-state index contributed by atoms with van der Waals surface area (Å²) in [6.45, 7) is 3.14. The van der Waals surface area contributed by atoms with Crippen LogP contribution in [-0.2, 0) is 30.2 Å². The molecule has 2 unspecified atom stereocenters. The van der Waals surface area contributed by atoms with Gasteiger partial charge in [0.05, 0.1) is 12.8 Å². The lowest BCUT2D eigenvalue weighted by Gasteiger charge is -2.29. The normalized spacial score (nSPS) is 12.5. The first-order valence-electron chi connectivity index (χ1n) is 11.9. The number of aliphatic carboxylic acids is 1. The molecule has 0 saturated carbocycles. The van der Waals surface area contributed by atoms with E-state index in [0.29, 0.717) is 17.0 Å². The molecular formula is C25H32N3O10P. The molecule has 212 valence electrons. The van der Waals surface area contributed by atoms with Crippen LogP contribution in [0.1, 0.15) is 32.3 Å². The van der Waals surface area contributed by atoms with Crippen molar-refractivity contribution in [3.05, 3.63) is 54.1 Å². The minimum atomic E-state index is -4.75. The Morgan fingerprint density at radius 2 is 1.64 bits per heavy atom. The van der Waals surface area contributed by atoms with Gasteiger partial charge in [-0.25, -0.2) is 4.57 Å². The highest BCUT2D eigenvalue weighted by Crippen LogP contribution is 2.37. The monoisotopic (exact) mass is 565 g/mol. The van der Waals surface area contributed by atoms with Crippen molar-refractivity contribution in [1.29, 1.82) is 0 Å². The SMILES string of the molecule is CCN(C(=O)C(CCC(=O)O)NC(=O)C(Cc1ccc(OP(=O)(O)O)cc1)NC(C)=O)c1ccccc1OC. The third-order valence-electron chi connectivity index (χ3n) is 5.50. The van der Waals surface area contributed by atoms with E-state index < -0.39 is 50.0 Å². The number of hydrogen-bond donors (Lipinski definition) is 5. The molecule has 0 aliphatic rings. The average Bonchev–Trinajstić information content (AvgIpc) is 2.86. The zero-order chi connectivity index (χ0) is 29.2. The third-order valence-corrected chi connectivity index (χ3v) is 5.95. The van der Waals surface area contributed by atoms with Gasteiger partial charge in [-0.1, -0.05) is 24.3 Å². The van der Waals surface area contributed by atoms with Crippen LogP contribution in [-0.4, -0.2) is 64.3 Å². The predicted octanol–water partition coefficient (Wildman–Crippen LogP) is 1.62. The van der Waals surface area contributed by atoms with E-state index in [4.69, 9.17) is 14.5 Å². The summed E-state index contributed by atoms with van der Waals surface area (Å²) in [6, 6.07) is 9.91. The van der Waals surface area contributed by atoms with E-state index in [-0.39, 0.29) is 25.1 Å². The summed E-state index contributed by atoms with van der Waals surface area (Å²) in [5.41, 5.74) is 0.956. The van der Waals surface area contributed by atoms with Crippen LogP contribution in [0.4, 0.5) is 5.69 Å². The van der Waals surface area contributed by atoms with Gasteiger partial charge in [-0.15, -0.1) is 0 Å². The fourth-order valence-corrected chi connectivity index (χ4v) is 4.19. The number of carbonyl (C=O) groups is 4. The van der Waals surface area contributed by atoms with Crippen LogP contribution in [0.5, 0.6) is 11.5 Å². The predicted molar refractivity (Wildman–Crippen MR) is 140 cm³/mol. The quantitative estimate of drug-likeness (QED) is 0.210. The van der Waals surface area contributed by atoms with Gasteiger partial charge in [-0.05, 0) is 43.2 Å². The van der Waals surface area contributed by atoms with Gasteiger partial charge in [0.1, 0.15) is 23.6 Å². The summed E-state index contributed by atoms with van der Waals surface area (Å²) in [5, 5.41) is 14.3. The van der Waals surface area contributed by atoms with Gasteiger partial charge >= 0.3 is 13.8 Å². The number of amides is 3. The lowest BCUT2D eigenvalue weighted by Crippen LogP contribution is -2.55. The molecule has 0 radical (unpaired) electrons. The Morgan fingerprint density at radius 1 is 1.00 bits per heavy atom. The second-order valence-corrected chi connectivity index (χ2v) is 9.59. The summed E-state index contributed by atoms with van der Waals surface area (Å²) >= 11 is 0. The Hall–Kier alpha value is -3.93. The zero-order valence-electron chi connectivity index (χ0n) is 21.7. The van der Waals surface area contributed by atoms with Crippen molar-refractivity contribution >= 4 is 37.2 Å². The Kier molecular flexibility index (Phi) is 11.5. The second kappa shape index (κ2) is 14.3. The van der Waals surface area contributed by atoms with E-state index in [0.717, 1.165) is 0 Å². The van der Waals surface area contributed by atoms with Crippen LogP contribution in [0.2, 0.25) is 0 Å². The van der Waals surface area contributed by atoms with Crippen LogP contribution in [0, 0.1) is 0 Å². The van der Waals surface area contributed by atoms with Gasteiger partial charge in [-0.2, -0.15) is 0 Å². The highest BCUT2D eigenvalue weighted by Gasteiger charge is 2.31. The zero-order valence-corrected chi connectivity index (χ0v) is 22.6. The molecule has 2 aromatic carbocycles. The molecular weight excluding hydrogens is 533 g/mol. The number of benzene rings is 2. The van der Waals surface area contributed by atoms with Crippen molar-refractivity contribution in [3.8, 4) is 11.5 Å². The number of phosphoric ester groups is 1. The smallest absolute Gasteiger partial charge is 0.495 e. The number of carboxylic acids is 1. The lowest BCUT2D eigenvalue weighted by molar-refractivity contribution is -0.138. The fraction of sp³-hybridized carbons (Fsp3) is 0.360. The van der Waals surface area contributed by atoms with Gasteiger partial charge in [0.25, 0.3) is 0 Å². The Balaban J connectivity index is 2.29. The molecule has 0 aromatic heterocycles. The van der Waals surface area contributed by atoms with Crippen LogP contribution < -0.4 is 24.8 Å². The molecule has 0 heterocycles. The number of likely N-dealkylation sites (N-methyl/N-ethyl adjacent to an activating group) is 1. The van der Waals surface area contributed by atoms with Gasteiger partial charge in [0.15, 0.2) is 0 Å². The second-order valence-electron chi connectivity index (χ2n) is 8.43. The number of carbonyl (C=O) groups excluding carboxylic acids is 3. The van der Waals surface area contributed by atoms with Crippen molar-refractivity contribution in [1.82, 2.24) is 10.6 Å². The maximum atomic E-state index is 13.5. The Labute approximate surface area is 225 Å². The summed E-state index contributed by atoms with van der Waals surface area (Å²) in [6.07, 6.45) is -0.635. The number of para-hydroxylation sites is 2. The summed E-state index contributed by atoms with van der Waals surface area (Å²) in [4.78, 5) is 69.2. The summed E-state index contributed by atoms with van der Waals surface area (Å²) in [7, 11) is -3.30. The highest BCUT2D eigenvalue weighted by molar-refractivity contribution is 7.46. The van der Waals surface area contributed by atoms with Gasteiger partial charge < -0.3 is 29.9 Å². The van der Waals surface area contributed by atoms with E-state index in [1.165, 1.54) is 43.2 Å². The van der Waals surface area contributed by atoms with Crippen molar-refractivity contribution in [2.24, 2.45) is 0 Å². The van der Waals surface area contributed by atoms with Crippen LogP contribution in [0.25, 0.3) is 0 Å². The summed E-state index contributed by atoms with van der Waals surface area (Å²) in [5.74, 6) is -2.63. The molecule has 39 heavy (non-hydrogen) atoms. The first-order valence-corrected chi connectivity index (χ1v) is 13.4. The minimum absolute atomic E-state index is 0.0363. The summed E-state index contributed by atoms with van der Waals surface area (Å²) < 4.78 is 20.9. The molecule has 14 heteroatoms. The van der Waals surface area contributed by atoms with Crippen molar-refractivity contribution in [3.63, 3.8) is 0 Å². The molecule has 5 N–H and O–H groups in total. The number of phosphoric acid groups is 1. The van der Waals surface area contributed by atoms with Gasteiger partial charge in [0.2, 0.25) is 17.7 Å². The first kappa shape index (κ1) is 31.3. The Bertz CT molecular complexity index is 1210. The number of nitrogens with zero attached hydrogens (tertiary/aromatic N) is 1. The largest absolute Gasteiger partial charge is 0.524 e. The molecule has 2 rings (SSSR count). The van der Waals surface area contributed by atoms with Crippen LogP contribution in [0.15, 0.2) is 48.5 Å². The molecule has 2 atom stereocenters. The molecule has 0 bridgehead atoms.